The second-order valence-electron chi connectivity index (χ2n) is 5.18. The average Bonchev–Trinajstić information content (AvgIpc) is 2.55. The van der Waals surface area contributed by atoms with Gasteiger partial charge in [0.2, 0.25) is 10.0 Å². The number of nitro groups is 1. The summed E-state index contributed by atoms with van der Waals surface area (Å²) in [5.41, 5.74) is -0.183. The summed E-state index contributed by atoms with van der Waals surface area (Å²) >= 11 is 0. The van der Waals surface area contributed by atoms with Gasteiger partial charge >= 0.3 is 0 Å². The third kappa shape index (κ3) is 3.96. The zero-order chi connectivity index (χ0) is 17.0. The standard InChI is InChI=1S/C13H19N3O6S/c1-10(9-17)14-12-3-2-11(8-13(12)16(18)19)23(20,21)15-4-6-22-7-5-15/h2-3,8,10,14,17H,4-7,9H2,1H3/t10-/m1/s1. The third-order valence-corrected chi connectivity index (χ3v) is 5.34. The molecule has 23 heavy (non-hydrogen) atoms. The second-order valence-corrected chi connectivity index (χ2v) is 7.12. The van der Waals surface area contributed by atoms with E-state index in [1.165, 1.54) is 16.4 Å². The van der Waals surface area contributed by atoms with Gasteiger partial charge in [-0.3, -0.25) is 10.1 Å². The van der Waals surface area contributed by atoms with Gasteiger partial charge in [0.1, 0.15) is 5.69 Å². The first-order valence-corrected chi connectivity index (χ1v) is 8.54. The van der Waals surface area contributed by atoms with E-state index in [0.29, 0.717) is 13.2 Å². The van der Waals surface area contributed by atoms with Crippen molar-refractivity contribution >= 4 is 21.4 Å². The molecule has 0 unspecified atom stereocenters. The van der Waals surface area contributed by atoms with Crippen LogP contribution in [0.15, 0.2) is 23.1 Å². The molecule has 1 atom stereocenters. The molecule has 1 aromatic carbocycles. The van der Waals surface area contributed by atoms with E-state index in [-0.39, 0.29) is 36.0 Å². The number of sulfonamides is 1. The highest BCUT2D eigenvalue weighted by molar-refractivity contribution is 7.89. The minimum absolute atomic E-state index is 0.131. The van der Waals surface area contributed by atoms with Gasteiger partial charge in [-0.2, -0.15) is 4.31 Å². The maximum Gasteiger partial charge on any atom is 0.293 e. The van der Waals surface area contributed by atoms with Crippen molar-refractivity contribution in [1.82, 2.24) is 4.31 Å². The Hall–Kier alpha value is -1.75. The number of benzene rings is 1. The number of hydrogen-bond acceptors (Lipinski definition) is 7. The number of aliphatic hydroxyl groups excluding tert-OH is 1. The Balaban J connectivity index is 2.36. The fraction of sp³-hybridized carbons (Fsp3) is 0.538. The second kappa shape index (κ2) is 7.21. The predicted octanol–water partition coefficient (Wildman–Crippen LogP) is 0.408. The lowest BCUT2D eigenvalue weighted by molar-refractivity contribution is -0.384. The average molecular weight is 345 g/mol. The van der Waals surface area contributed by atoms with E-state index in [1.807, 2.05) is 0 Å². The summed E-state index contributed by atoms with van der Waals surface area (Å²) in [5, 5.41) is 23.0. The minimum atomic E-state index is -3.80. The molecule has 0 amide bonds. The predicted molar refractivity (Wildman–Crippen MR) is 82.8 cm³/mol. The lowest BCUT2D eigenvalue weighted by atomic mass is 10.2. The van der Waals surface area contributed by atoms with Gasteiger partial charge in [0.05, 0.1) is 29.6 Å². The molecule has 9 nitrogen and oxygen atoms in total. The minimum Gasteiger partial charge on any atom is -0.394 e. The fourth-order valence-corrected chi connectivity index (χ4v) is 3.62. The number of anilines is 1. The SMILES string of the molecule is C[C@H](CO)Nc1ccc(S(=O)(=O)N2CCOCC2)cc1[N+](=O)[O-]. The highest BCUT2D eigenvalue weighted by Gasteiger charge is 2.29. The summed E-state index contributed by atoms with van der Waals surface area (Å²) in [6.07, 6.45) is 0. The van der Waals surface area contributed by atoms with Gasteiger partial charge in [-0.1, -0.05) is 0 Å². The number of rotatable bonds is 6. The van der Waals surface area contributed by atoms with E-state index in [0.717, 1.165) is 6.07 Å². The van der Waals surface area contributed by atoms with Crippen LogP contribution in [0.3, 0.4) is 0 Å². The van der Waals surface area contributed by atoms with Gasteiger partial charge < -0.3 is 15.2 Å². The van der Waals surface area contributed by atoms with Crippen molar-refractivity contribution in [2.24, 2.45) is 0 Å². The third-order valence-electron chi connectivity index (χ3n) is 3.45. The monoisotopic (exact) mass is 345 g/mol. The largest absolute Gasteiger partial charge is 0.394 e. The molecular formula is C13H19N3O6S. The normalized spacial score (nSPS) is 17.7. The van der Waals surface area contributed by atoms with Crippen molar-refractivity contribution < 1.29 is 23.2 Å². The van der Waals surface area contributed by atoms with E-state index in [1.54, 1.807) is 6.92 Å². The Labute approximate surface area is 134 Å². The van der Waals surface area contributed by atoms with Crippen molar-refractivity contribution in [1.29, 1.82) is 0 Å². The van der Waals surface area contributed by atoms with Crippen molar-refractivity contribution in [3.63, 3.8) is 0 Å². The molecule has 1 aliphatic heterocycles. The van der Waals surface area contributed by atoms with Crippen molar-refractivity contribution in [3.8, 4) is 0 Å². The molecule has 0 radical (unpaired) electrons. The molecule has 0 spiro atoms. The van der Waals surface area contributed by atoms with E-state index in [9.17, 15) is 18.5 Å². The molecule has 1 fully saturated rings. The highest BCUT2D eigenvalue weighted by Crippen LogP contribution is 2.29. The molecule has 0 aromatic heterocycles. The van der Waals surface area contributed by atoms with Crippen LogP contribution < -0.4 is 5.32 Å². The number of nitrogens with one attached hydrogen (secondary N) is 1. The molecule has 1 aromatic rings. The van der Waals surface area contributed by atoms with Crippen LogP contribution in [0, 0.1) is 10.1 Å². The quantitative estimate of drug-likeness (QED) is 0.565. The van der Waals surface area contributed by atoms with Crippen LogP contribution in [0.25, 0.3) is 0 Å². The van der Waals surface area contributed by atoms with Gasteiger partial charge in [0.25, 0.3) is 5.69 Å². The summed E-state index contributed by atoms with van der Waals surface area (Å²) < 4.78 is 31.4. The Morgan fingerprint density at radius 2 is 2.09 bits per heavy atom. The van der Waals surface area contributed by atoms with E-state index < -0.39 is 21.0 Å². The maximum absolute atomic E-state index is 12.5. The molecular weight excluding hydrogens is 326 g/mol. The molecule has 128 valence electrons. The smallest absolute Gasteiger partial charge is 0.293 e. The van der Waals surface area contributed by atoms with Crippen LogP contribution in [0.1, 0.15) is 6.92 Å². The zero-order valence-electron chi connectivity index (χ0n) is 12.6. The van der Waals surface area contributed by atoms with Gasteiger partial charge in [-0.05, 0) is 19.1 Å². The molecule has 0 saturated carbocycles. The van der Waals surface area contributed by atoms with Crippen LogP contribution >= 0.6 is 0 Å². The zero-order valence-corrected chi connectivity index (χ0v) is 13.5. The molecule has 1 saturated heterocycles. The number of hydrogen-bond donors (Lipinski definition) is 2. The van der Waals surface area contributed by atoms with Crippen molar-refractivity contribution in [3.05, 3.63) is 28.3 Å². The Morgan fingerprint density at radius 3 is 2.65 bits per heavy atom. The molecule has 0 aliphatic carbocycles. The number of ether oxygens (including phenoxy) is 1. The molecule has 1 aliphatic rings. The molecule has 10 heteroatoms. The Bertz CT molecular complexity index is 672. The van der Waals surface area contributed by atoms with Crippen LogP contribution in [0.2, 0.25) is 0 Å². The highest BCUT2D eigenvalue weighted by atomic mass is 32.2. The number of nitro benzene ring substituents is 1. The first-order valence-electron chi connectivity index (χ1n) is 7.10. The number of aliphatic hydroxyl groups is 1. The van der Waals surface area contributed by atoms with E-state index in [4.69, 9.17) is 9.84 Å². The van der Waals surface area contributed by atoms with Gasteiger partial charge in [-0.15, -0.1) is 0 Å². The number of morpholine rings is 1. The lowest BCUT2D eigenvalue weighted by Crippen LogP contribution is -2.40. The maximum atomic E-state index is 12.5. The lowest BCUT2D eigenvalue weighted by Gasteiger charge is -2.26. The Morgan fingerprint density at radius 1 is 1.43 bits per heavy atom. The topological polar surface area (TPSA) is 122 Å². The first-order chi connectivity index (χ1) is 10.9. The van der Waals surface area contributed by atoms with Crippen LogP contribution in [-0.4, -0.2) is 61.7 Å². The summed E-state index contributed by atoms with van der Waals surface area (Å²) in [6.45, 7) is 2.49. The van der Waals surface area contributed by atoms with Crippen molar-refractivity contribution in [2.75, 3.05) is 38.2 Å². The first kappa shape index (κ1) is 17.6. The summed E-state index contributed by atoms with van der Waals surface area (Å²) in [5.74, 6) is 0. The molecule has 1 heterocycles. The van der Waals surface area contributed by atoms with E-state index >= 15 is 0 Å². The van der Waals surface area contributed by atoms with Crippen LogP contribution in [0.4, 0.5) is 11.4 Å². The molecule has 2 rings (SSSR count). The molecule has 0 bridgehead atoms. The van der Waals surface area contributed by atoms with Crippen molar-refractivity contribution in [2.45, 2.75) is 17.9 Å². The van der Waals surface area contributed by atoms with Gasteiger partial charge in [0, 0.05) is 25.2 Å². The molecule has 2 N–H and O–H groups in total. The summed E-state index contributed by atoms with van der Waals surface area (Å²) in [7, 11) is -3.80. The van der Waals surface area contributed by atoms with Gasteiger partial charge in [-0.25, -0.2) is 8.42 Å². The van der Waals surface area contributed by atoms with Gasteiger partial charge in [0.15, 0.2) is 0 Å². The van der Waals surface area contributed by atoms with Crippen LogP contribution in [-0.2, 0) is 14.8 Å². The summed E-state index contributed by atoms with van der Waals surface area (Å²) in [6, 6.07) is 3.31. The van der Waals surface area contributed by atoms with E-state index in [2.05, 4.69) is 5.32 Å². The number of nitrogens with zero attached hydrogens (tertiary/aromatic N) is 2. The fourth-order valence-electron chi connectivity index (χ4n) is 2.19. The summed E-state index contributed by atoms with van der Waals surface area (Å²) in [4.78, 5) is 10.4. The van der Waals surface area contributed by atoms with Crippen LogP contribution in [0.5, 0.6) is 0 Å². The Kier molecular flexibility index (Phi) is 5.52.